The summed E-state index contributed by atoms with van der Waals surface area (Å²) in [6.45, 7) is 5.17. The average molecular weight is 499 g/mol. The number of thiazole rings is 1. The summed E-state index contributed by atoms with van der Waals surface area (Å²) in [6, 6.07) is 1.79. The fourth-order valence-corrected chi connectivity index (χ4v) is 4.21. The Morgan fingerprint density at radius 2 is 1.85 bits per heavy atom. The van der Waals surface area contributed by atoms with E-state index in [0.29, 0.717) is 16.2 Å². The van der Waals surface area contributed by atoms with Crippen molar-refractivity contribution in [3.8, 4) is 5.75 Å². The number of nitrogens with one attached hydrogen (secondary N) is 1. The second kappa shape index (κ2) is 8.65. The number of nitrogens with zero attached hydrogens (tertiary/aromatic N) is 2. The standard InChI is InChI=1S/C20H20F7N3O2S/c1-18(2,3)8-15(31)29-16-11(21)6-10(7-13(16)32-20(25,26)27)30-5-4-14-12(9-30)28-17(33-14)19(22,23)24/h6-7H,4-5,8-9H2,1-3H3,(H,29,31). The number of carbonyl (C=O) groups excluding carboxylic acids is 1. The molecule has 1 amide bonds. The molecule has 1 aromatic heterocycles. The number of hydrogen-bond donors (Lipinski definition) is 1. The van der Waals surface area contributed by atoms with Gasteiger partial charge >= 0.3 is 12.5 Å². The molecule has 0 saturated carbocycles. The maximum atomic E-state index is 14.8. The Morgan fingerprint density at radius 3 is 2.42 bits per heavy atom. The lowest BCUT2D eigenvalue weighted by Crippen LogP contribution is -2.30. The van der Waals surface area contributed by atoms with E-state index < -0.39 is 46.1 Å². The molecule has 2 aromatic rings. The van der Waals surface area contributed by atoms with Crippen LogP contribution in [0.25, 0.3) is 0 Å². The summed E-state index contributed by atoms with van der Waals surface area (Å²) in [6.07, 6.45) is -9.70. The number of halogens is 7. The van der Waals surface area contributed by atoms with Crippen molar-refractivity contribution in [1.29, 1.82) is 0 Å². The molecule has 1 aliphatic rings. The van der Waals surface area contributed by atoms with Crippen LogP contribution in [0.15, 0.2) is 12.1 Å². The minimum absolute atomic E-state index is 0.0484. The number of aromatic nitrogens is 1. The third-order valence-electron chi connectivity index (χ3n) is 4.56. The molecule has 1 N–H and O–H groups in total. The highest BCUT2D eigenvalue weighted by Gasteiger charge is 2.37. The second-order valence-corrected chi connectivity index (χ2v) is 9.78. The van der Waals surface area contributed by atoms with Crippen molar-refractivity contribution < 1.29 is 40.3 Å². The van der Waals surface area contributed by atoms with Crippen LogP contribution in [0.2, 0.25) is 0 Å². The van der Waals surface area contributed by atoms with Crippen molar-refractivity contribution in [1.82, 2.24) is 4.98 Å². The molecule has 3 rings (SSSR count). The van der Waals surface area contributed by atoms with Crippen LogP contribution < -0.4 is 15.0 Å². The molecule has 33 heavy (non-hydrogen) atoms. The highest BCUT2D eigenvalue weighted by atomic mass is 32.1. The van der Waals surface area contributed by atoms with E-state index in [4.69, 9.17) is 0 Å². The largest absolute Gasteiger partial charge is 0.573 e. The lowest BCUT2D eigenvalue weighted by Gasteiger charge is -2.29. The third kappa shape index (κ3) is 6.49. The Hall–Kier alpha value is -2.57. The van der Waals surface area contributed by atoms with Gasteiger partial charge in [0.2, 0.25) is 5.91 Å². The summed E-state index contributed by atoms with van der Waals surface area (Å²) in [5.74, 6) is -2.83. The number of alkyl halides is 6. The van der Waals surface area contributed by atoms with E-state index in [9.17, 15) is 35.5 Å². The Morgan fingerprint density at radius 1 is 1.18 bits per heavy atom. The SMILES string of the molecule is CC(C)(C)CC(=O)Nc1c(F)cc(N2CCc3sc(C(F)(F)F)nc3C2)cc1OC(F)(F)F. The highest BCUT2D eigenvalue weighted by Crippen LogP contribution is 2.40. The maximum absolute atomic E-state index is 14.8. The third-order valence-corrected chi connectivity index (χ3v) is 5.76. The van der Waals surface area contributed by atoms with Gasteiger partial charge in [0.05, 0.1) is 12.2 Å². The number of benzene rings is 1. The van der Waals surface area contributed by atoms with Gasteiger partial charge in [-0.25, -0.2) is 9.37 Å². The average Bonchev–Trinajstić information content (AvgIpc) is 3.05. The quantitative estimate of drug-likeness (QED) is 0.514. The van der Waals surface area contributed by atoms with Crippen LogP contribution in [0, 0.1) is 11.2 Å². The van der Waals surface area contributed by atoms with Gasteiger partial charge in [0, 0.05) is 36.0 Å². The van der Waals surface area contributed by atoms with E-state index in [1.54, 1.807) is 20.8 Å². The fraction of sp³-hybridized carbons (Fsp3) is 0.500. The van der Waals surface area contributed by atoms with Gasteiger partial charge in [0.15, 0.2) is 16.6 Å². The number of carbonyl (C=O) groups is 1. The molecule has 0 unspecified atom stereocenters. The first-order valence-electron chi connectivity index (χ1n) is 9.72. The minimum atomic E-state index is -5.17. The molecule has 0 bridgehead atoms. The zero-order valence-corrected chi connectivity index (χ0v) is 18.6. The molecule has 0 saturated heterocycles. The monoisotopic (exact) mass is 499 g/mol. The lowest BCUT2D eigenvalue weighted by atomic mass is 9.92. The molecule has 0 aliphatic carbocycles. The molecular weight excluding hydrogens is 479 g/mol. The predicted octanol–water partition coefficient (Wildman–Crippen LogP) is 6.14. The molecule has 182 valence electrons. The summed E-state index contributed by atoms with van der Waals surface area (Å²) in [5.41, 5.74) is -1.19. The molecule has 1 aliphatic heterocycles. The van der Waals surface area contributed by atoms with E-state index in [2.05, 4.69) is 15.0 Å². The van der Waals surface area contributed by atoms with E-state index >= 15 is 0 Å². The van der Waals surface area contributed by atoms with Crippen LogP contribution in [-0.2, 0) is 23.9 Å². The summed E-state index contributed by atoms with van der Waals surface area (Å²) < 4.78 is 96.5. The van der Waals surface area contributed by atoms with Crippen molar-refractivity contribution in [3.05, 3.63) is 33.5 Å². The Labute approximate surface area is 188 Å². The van der Waals surface area contributed by atoms with Gasteiger partial charge in [-0.3, -0.25) is 4.79 Å². The van der Waals surface area contributed by atoms with Crippen molar-refractivity contribution in [2.24, 2.45) is 5.41 Å². The van der Waals surface area contributed by atoms with Gasteiger partial charge in [0.25, 0.3) is 0 Å². The predicted molar refractivity (Wildman–Crippen MR) is 108 cm³/mol. The van der Waals surface area contributed by atoms with Gasteiger partial charge < -0.3 is 15.0 Å². The second-order valence-electron chi connectivity index (χ2n) is 8.69. The smallest absolute Gasteiger partial charge is 0.403 e. The van der Waals surface area contributed by atoms with E-state index in [-0.39, 0.29) is 37.3 Å². The van der Waals surface area contributed by atoms with Crippen molar-refractivity contribution in [3.63, 3.8) is 0 Å². The molecule has 0 fully saturated rings. The molecule has 13 heteroatoms. The molecule has 1 aromatic carbocycles. The van der Waals surface area contributed by atoms with E-state index in [1.165, 1.54) is 4.90 Å². The van der Waals surface area contributed by atoms with E-state index in [0.717, 1.165) is 12.1 Å². The van der Waals surface area contributed by atoms with Crippen LogP contribution in [0.3, 0.4) is 0 Å². The topological polar surface area (TPSA) is 54.5 Å². The summed E-state index contributed by atoms with van der Waals surface area (Å²) in [5, 5.41) is 1.12. The van der Waals surface area contributed by atoms with Crippen LogP contribution in [0.4, 0.5) is 42.1 Å². The van der Waals surface area contributed by atoms with Gasteiger partial charge in [-0.2, -0.15) is 13.2 Å². The first-order valence-corrected chi connectivity index (χ1v) is 10.5. The zero-order valence-electron chi connectivity index (χ0n) is 17.7. The van der Waals surface area contributed by atoms with Gasteiger partial charge in [-0.15, -0.1) is 24.5 Å². The number of fused-ring (bicyclic) bond motifs is 1. The normalized spacial score (nSPS) is 14.8. The molecule has 0 spiro atoms. The number of ether oxygens (including phenoxy) is 1. The molecular formula is C20H20F7N3O2S. The summed E-state index contributed by atoms with van der Waals surface area (Å²) >= 11 is 0.510. The van der Waals surface area contributed by atoms with Crippen molar-refractivity contribution in [2.75, 3.05) is 16.8 Å². The molecule has 0 atom stereocenters. The van der Waals surface area contributed by atoms with Crippen LogP contribution in [-0.4, -0.2) is 23.8 Å². The lowest BCUT2D eigenvalue weighted by molar-refractivity contribution is -0.274. The van der Waals surface area contributed by atoms with Crippen molar-refractivity contribution >= 4 is 28.6 Å². The Balaban J connectivity index is 1.92. The van der Waals surface area contributed by atoms with Crippen LogP contribution >= 0.6 is 11.3 Å². The Kier molecular flexibility index (Phi) is 6.57. The fourth-order valence-electron chi connectivity index (χ4n) is 3.28. The first-order chi connectivity index (χ1) is 15.0. The Bertz CT molecular complexity index is 1040. The molecule has 5 nitrogen and oxygen atoms in total. The van der Waals surface area contributed by atoms with Crippen molar-refractivity contribution in [2.45, 2.75) is 52.7 Å². The van der Waals surface area contributed by atoms with Gasteiger partial charge in [-0.05, 0) is 11.5 Å². The summed E-state index contributed by atoms with van der Waals surface area (Å²) in [7, 11) is 0. The number of amides is 1. The van der Waals surface area contributed by atoms with Gasteiger partial charge in [-0.1, -0.05) is 20.8 Å². The minimum Gasteiger partial charge on any atom is -0.403 e. The highest BCUT2D eigenvalue weighted by molar-refractivity contribution is 7.11. The van der Waals surface area contributed by atoms with E-state index in [1.807, 2.05) is 0 Å². The first kappa shape index (κ1) is 25.1. The number of hydrogen-bond acceptors (Lipinski definition) is 5. The van der Waals surface area contributed by atoms with Crippen LogP contribution in [0.1, 0.15) is 42.8 Å². The van der Waals surface area contributed by atoms with Gasteiger partial charge in [0.1, 0.15) is 5.69 Å². The zero-order chi connectivity index (χ0) is 24.8. The summed E-state index contributed by atoms with van der Waals surface area (Å²) in [4.78, 5) is 17.6. The maximum Gasteiger partial charge on any atom is 0.573 e. The van der Waals surface area contributed by atoms with Crippen LogP contribution in [0.5, 0.6) is 5.75 Å². The number of anilines is 2. The molecule has 0 radical (unpaired) electrons. The molecule has 2 heterocycles. The number of rotatable bonds is 4.